The fourth-order valence-electron chi connectivity index (χ4n) is 1.82. The Morgan fingerprint density at radius 2 is 2.00 bits per heavy atom. The van der Waals surface area contributed by atoms with Crippen molar-refractivity contribution in [2.24, 2.45) is 0 Å². The van der Waals surface area contributed by atoms with Crippen LogP contribution in [0.15, 0.2) is 16.7 Å². The van der Waals surface area contributed by atoms with Gasteiger partial charge in [0.2, 0.25) is 0 Å². The van der Waals surface area contributed by atoms with Crippen LogP contribution in [0.5, 0.6) is 0 Å². The molecule has 0 radical (unpaired) electrons. The van der Waals surface area contributed by atoms with Crippen molar-refractivity contribution >= 4 is 21.8 Å². The number of nitrogens with zero attached hydrogens (tertiary/aromatic N) is 1. The molecule has 0 bridgehead atoms. The van der Waals surface area contributed by atoms with E-state index in [9.17, 15) is 4.79 Å². The van der Waals surface area contributed by atoms with Crippen LogP contribution in [0.2, 0.25) is 0 Å². The smallest absolute Gasteiger partial charge is 0.268 e. The van der Waals surface area contributed by atoms with Crippen molar-refractivity contribution in [1.82, 2.24) is 9.88 Å². The minimum absolute atomic E-state index is 0.000556. The van der Waals surface area contributed by atoms with Gasteiger partial charge in [-0.05, 0) is 55.6 Å². The molecular formula is C14H23BrN2O. The second kappa shape index (κ2) is 5.91. The molecule has 1 heterocycles. The molecule has 0 aliphatic rings. The summed E-state index contributed by atoms with van der Waals surface area (Å²) in [5.41, 5.74) is 0.584. The number of hydrogen-bond donors (Lipinski definition) is 1. The first-order valence-corrected chi connectivity index (χ1v) is 7.32. The monoisotopic (exact) mass is 314 g/mol. The minimum atomic E-state index is -0.129. The third-order valence-corrected chi connectivity index (χ3v) is 4.01. The van der Waals surface area contributed by atoms with E-state index in [0.717, 1.165) is 17.3 Å². The summed E-state index contributed by atoms with van der Waals surface area (Å²) in [5.74, 6) is 0.000556. The third-order valence-electron chi connectivity index (χ3n) is 3.58. The van der Waals surface area contributed by atoms with Crippen LogP contribution in [-0.2, 0) is 0 Å². The number of aromatic nitrogens is 1. The van der Waals surface area contributed by atoms with E-state index in [0.29, 0.717) is 5.69 Å². The molecule has 0 atom stereocenters. The SMILES string of the molecule is CCC(C)(CC)NC(=O)c1cc(Br)cn1C(C)C. The van der Waals surface area contributed by atoms with Crippen LogP contribution in [0.25, 0.3) is 0 Å². The van der Waals surface area contributed by atoms with Crippen molar-refractivity contribution < 1.29 is 4.79 Å². The number of carbonyl (C=O) groups excluding carboxylic acids is 1. The van der Waals surface area contributed by atoms with E-state index in [1.54, 1.807) is 0 Å². The van der Waals surface area contributed by atoms with E-state index < -0.39 is 0 Å². The zero-order chi connectivity index (χ0) is 13.9. The van der Waals surface area contributed by atoms with E-state index in [2.05, 4.69) is 55.9 Å². The summed E-state index contributed by atoms with van der Waals surface area (Å²) in [7, 11) is 0. The van der Waals surface area contributed by atoms with Gasteiger partial charge < -0.3 is 9.88 Å². The molecule has 0 saturated heterocycles. The molecule has 4 heteroatoms. The number of rotatable bonds is 5. The highest BCUT2D eigenvalue weighted by Crippen LogP contribution is 2.21. The summed E-state index contributed by atoms with van der Waals surface area (Å²) in [6.45, 7) is 10.4. The Balaban J connectivity index is 2.97. The quantitative estimate of drug-likeness (QED) is 0.870. The Kier molecular flexibility index (Phi) is 5.02. The normalized spacial score (nSPS) is 11.9. The van der Waals surface area contributed by atoms with E-state index in [1.165, 1.54) is 0 Å². The van der Waals surface area contributed by atoms with E-state index in [-0.39, 0.29) is 17.5 Å². The van der Waals surface area contributed by atoms with Crippen LogP contribution in [0.4, 0.5) is 0 Å². The van der Waals surface area contributed by atoms with Crippen LogP contribution in [0.3, 0.4) is 0 Å². The topological polar surface area (TPSA) is 34.0 Å². The molecule has 0 unspecified atom stereocenters. The van der Waals surface area contributed by atoms with Crippen molar-refractivity contribution in [3.8, 4) is 0 Å². The van der Waals surface area contributed by atoms with Gasteiger partial charge in [0, 0.05) is 22.3 Å². The predicted octanol–water partition coefficient (Wildman–Crippen LogP) is 4.14. The van der Waals surface area contributed by atoms with Crippen molar-refractivity contribution in [1.29, 1.82) is 0 Å². The van der Waals surface area contributed by atoms with E-state index in [4.69, 9.17) is 0 Å². The molecule has 1 amide bonds. The minimum Gasteiger partial charge on any atom is -0.346 e. The Morgan fingerprint density at radius 1 is 1.44 bits per heavy atom. The van der Waals surface area contributed by atoms with Crippen LogP contribution in [0, 0.1) is 0 Å². The molecule has 0 aliphatic heterocycles. The number of halogens is 1. The summed E-state index contributed by atoms with van der Waals surface area (Å²) >= 11 is 3.43. The summed E-state index contributed by atoms with van der Waals surface area (Å²) < 4.78 is 2.93. The van der Waals surface area contributed by atoms with E-state index >= 15 is 0 Å². The van der Waals surface area contributed by atoms with Crippen LogP contribution in [-0.4, -0.2) is 16.0 Å². The Hall–Kier alpha value is -0.770. The lowest BCUT2D eigenvalue weighted by molar-refractivity contribution is 0.0890. The van der Waals surface area contributed by atoms with E-state index in [1.807, 2.05) is 16.8 Å². The van der Waals surface area contributed by atoms with Crippen LogP contribution < -0.4 is 5.32 Å². The molecule has 1 aromatic heterocycles. The lowest BCUT2D eigenvalue weighted by Crippen LogP contribution is -2.45. The van der Waals surface area contributed by atoms with Crippen molar-refractivity contribution in [2.75, 3.05) is 0 Å². The third kappa shape index (κ3) is 3.37. The molecule has 0 saturated carbocycles. The molecule has 1 aromatic rings. The second-order valence-electron chi connectivity index (χ2n) is 5.27. The van der Waals surface area contributed by atoms with Gasteiger partial charge in [0.1, 0.15) is 5.69 Å². The highest BCUT2D eigenvalue weighted by molar-refractivity contribution is 9.10. The lowest BCUT2D eigenvalue weighted by atomic mass is 9.95. The molecule has 1 rings (SSSR count). The maximum atomic E-state index is 12.4. The Labute approximate surface area is 118 Å². The van der Waals surface area contributed by atoms with Crippen LogP contribution >= 0.6 is 15.9 Å². The van der Waals surface area contributed by atoms with Gasteiger partial charge in [0.05, 0.1) is 0 Å². The highest BCUT2D eigenvalue weighted by Gasteiger charge is 2.24. The summed E-state index contributed by atoms with van der Waals surface area (Å²) in [6.07, 6.45) is 3.81. The van der Waals surface area contributed by atoms with Crippen molar-refractivity contribution in [3.63, 3.8) is 0 Å². The zero-order valence-electron chi connectivity index (χ0n) is 11.9. The van der Waals surface area contributed by atoms with Gasteiger partial charge in [0.15, 0.2) is 0 Å². The molecule has 18 heavy (non-hydrogen) atoms. The molecule has 0 aromatic carbocycles. The molecule has 1 N–H and O–H groups in total. The fraction of sp³-hybridized carbons (Fsp3) is 0.643. The molecule has 0 aliphatic carbocycles. The van der Waals surface area contributed by atoms with Gasteiger partial charge >= 0.3 is 0 Å². The number of nitrogens with one attached hydrogen (secondary N) is 1. The fourth-order valence-corrected chi connectivity index (χ4v) is 2.26. The maximum Gasteiger partial charge on any atom is 0.268 e. The first-order valence-electron chi connectivity index (χ1n) is 6.53. The van der Waals surface area contributed by atoms with Crippen molar-refractivity contribution in [3.05, 3.63) is 22.4 Å². The number of amides is 1. The predicted molar refractivity (Wildman–Crippen MR) is 79.0 cm³/mol. The lowest BCUT2D eigenvalue weighted by Gasteiger charge is -2.28. The van der Waals surface area contributed by atoms with Gasteiger partial charge in [-0.3, -0.25) is 4.79 Å². The second-order valence-corrected chi connectivity index (χ2v) is 6.18. The Bertz CT molecular complexity index is 419. The van der Waals surface area contributed by atoms with Crippen molar-refractivity contribution in [2.45, 2.75) is 59.0 Å². The van der Waals surface area contributed by atoms with Crippen LogP contribution in [0.1, 0.15) is 64.0 Å². The average Bonchev–Trinajstić information content (AvgIpc) is 2.71. The molecule has 3 nitrogen and oxygen atoms in total. The highest BCUT2D eigenvalue weighted by atomic mass is 79.9. The number of hydrogen-bond acceptors (Lipinski definition) is 1. The van der Waals surface area contributed by atoms with Gasteiger partial charge in [0.25, 0.3) is 5.91 Å². The largest absolute Gasteiger partial charge is 0.346 e. The summed E-state index contributed by atoms with van der Waals surface area (Å²) in [6, 6.07) is 2.15. The number of carbonyl (C=O) groups is 1. The molecule has 102 valence electrons. The summed E-state index contributed by atoms with van der Waals surface area (Å²) in [5, 5.41) is 3.14. The maximum absolute atomic E-state index is 12.4. The van der Waals surface area contributed by atoms with Gasteiger partial charge in [-0.2, -0.15) is 0 Å². The molecule has 0 fully saturated rings. The van der Waals surface area contributed by atoms with Gasteiger partial charge in [-0.25, -0.2) is 0 Å². The van der Waals surface area contributed by atoms with Gasteiger partial charge in [-0.15, -0.1) is 0 Å². The first-order chi connectivity index (χ1) is 8.33. The zero-order valence-corrected chi connectivity index (χ0v) is 13.5. The average molecular weight is 315 g/mol. The molecule has 0 spiro atoms. The summed E-state index contributed by atoms with van der Waals surface area (Å²) in [4.78, 5) is 12.4. The Morgan fingerprint density at radius 3 is 2.44 bits per heavy atom. The molecular weight excluding hydrogens is 292 g/mol. The van der Waals surface area contributed by atoms with Gasteiger partial charge in [-0.1, -0.05) is 13.8 Å². The standard InChI is InChI=1S/C14H23BrN2O/c1-6-14(5,7-2)16-13(18)12-8-11(15)9-17(12)10(3)4/h8-10H,6-7H2,1-5H3,(H,16,18). The first kappa shape index (κ1) is 15.3.